The van der Waals surface area contributed by atoms with Gasteiger partial charge in [0, 0.05) is 23.7 Å². The largest absolute Gasteiger partial charge is 0.379 e. The molecule has 2 fully saturated rings. The van der Waals surface area contributed by atoms with Gasteiger partial charge in [0.2, 0.25) is 0 Å². The van der Waals surface area contributed by atoms with E-state index in [1.165, 1.54) is 25.7 Å². The van der Waals surface area contributed by atoms with Crippen LogP contribution in [0, 0.1) is 0 Å². The monoisotopic (exact) mass is 366 g/mol. The Morgan fingerprint density at radius 3 is 2.70 bits per heavy atom. The van der Waals surface area contributed by atoms with Gasteiger partial charge in [-0.3, -0.25) is 4.79 Å². The molecule has 4 rings (SSSR count). The number of anilines is 3. The van der Waals surface area contributed by atoms with Crippen LogP contribution in [0.1, 0.15) is 60.6 Å². The second-order valence-electron chi connectivity index (χ2n) is 7.53. The highest BCUT2D eigenvalue weighted by atomic mass is 16.1. The van der Waals surface area contributed by atoms with Gasteiger partial charge in [0.1, 0.15) is 5.82 Å². The summed E-state index contributed by atoms with van der Waals surface area (Å²) >= 11 is 0. The molecule has 0 bridgehead atoms. The number of amides is 1. The number of primary amides is 1. The highest BCUT2D eigenvalue weighted by Crippen LogP contribution is 2.39. The molecule has 6 N–H and O–H groups in total. The van der Waals surface area contributed by atoms with Gasteiger partial charge >= 0.3 is 0 Å². The van der Waals surface area contributed by atoms with E-state index in [4.69, 9.17) is 11.5 Å². The van der Waals surface area contributed by atoms with Gasteiger partial charge in [-0.25, -0.2) is 9.97 Å². The van der Waals surface area contributed by atoms with Crippen molar-refractivity contribution in [2.24, 2.45) is 11.5 Å². The molecular formula is C20H26N6O. The SMILES string of the molecule is NC(=O)c1ncc(N[C@@H]2CCCC[C@@H]2N)cc1Nc1cccc(C2CC2)n1. The molecule has 2 aliphatic rings. The first-order chi connectivity index (χ1) is 13.1. The third-order valence-corrected chi connectivity index (χ3v) is 5.32. The lowest BCUT2D eigenvalue weighted by atomic mass is 9.91. The molecule has 142 valence electrons. The molecule has 7 nitrogen and oxygen atoms in total. The molecule has 2 saturated carbocycles. The van der Waals surface area contributed by atoms with Gasteiger partial charge in [0.05, 0.1) is 17.6 Å². The van der Waals surface area contributed by atoms with Crippen LogP contribution >= 0.6 is 0 Å². The maximum absolute atomic E-state index is 11.8. The number of nitrogens with zero attached hydrogens (tertiary/aromatic N) is 2. The maximum atomic E-state index is 11.8. The topological polar surface area (TPSA) is 119 Å². The summed E-state index contributed by atoms with van der Waals surface area (Å²) in [6, 6.07) is 8.10. The number of pyridine rings is 2. The number of carbonyl (C=O) groups is 1. The van der Waals surface area contributed by atoms with Gasteiger partial charge in [-0.15, -0.1) is 0 Å². The molecule has 0 unspecified atom stereocenters. The summed E-state index contributed by atoms with van der Waals surface area (Å²) in [4.78, 5) is 20.7. The first-order valence-corrected chi connectivity index (χ1v) is 9.66. The Kier molecular flexibility index (Phi) is 4.94. The van der Waals surface area contributed by atoms with Crippen LogP contribution in [0.15, 0.2) is 30.5 Å². The summed E-state index contributed by atoms with van der Waals surface area (Å²) in [5.41, 5.74) is 14.4. The van der Waals surface area contributed by atoms with E-state index in [9.17, 15) is 4.79 Å². The number of hydrogen-bond donors (Lipinski definition) is 4. The normalized spacial score (nSPS) is 22.3. The van der Waals surface area contributed by atoms with E-state index in [0.717, 1.165) is 24.2 Å². The van der Waals surface area contributed by atoms with Crippen LogP contribution in [0.4, 0.5) is 17.2 Å². The number of nitrogens with two attached hydrogens (primary N) is 2. The molecule has 1 amide bonds. The minimum Gasteiger partial charge on any atom is -0.379 e. The Bertz CT molecular complexity index is 835. The Morgan fingerprint density at radius 1 is 1.15 bits per heavy atom. The van der Waals surface area contributed by atoms with Crippen molar-refractivity contribution in [1.82, 2.24) is 9.97 Å². The number of carbonyl (C=O) groups excluding carboxylic acids is 1. The molecular weight excluding hydrogens is 340 g/mol. The van der Waals surface area contributed by atoms with E-state index < -0.39 is 5.91 Å². The summed E-state index contributed by atoms with van der Waals surface area (Å²) in [6.45, 7) is 0. The number of nitrogens with one attached hydrogen (secondary N) is 2. The molecule has 0 aromatic carbocycles. The van der Waals surface area contributed by atoms with E-state index >= 15 is 0 Å². The van der Waals surface area contributed by atoms with Crippen molar-refractivity contribution in [2.45, 2.75) is 56.5 Å². The molecule has 2 atom stereocenters. The lowest BCUT2D eigenvalue weighted by Crippen LogP contribution is -2.42. The lowest BCUT2D eigenvalue weighted by Gasteiger charge is -2.30. The molecule has 2 aromatic heterocycles. The van der Waals surface area contributed by atoms with Gasteiger partial charge < -0.3 is 22.1 Å². The van der Waals surface area contributed by atoms with E-state index in [2.05, 4.69) is 20.6 Å². The van der Waals surface area contributed by atoms with Crippen LogP contribution in [0.2, 0.25) is 0 Å². The van der Waals surface area contributed by atoms with Crippen LogP contribution in [0.5, 0.6) is 0 Å². The van der Waals surface area contributed by atoms with Crippen molar-refractivity contribution in [3.05, 3.63) is 41.9 Å². The van der Waals surface area contributed by atoms with Crippen molar-refractivity contribution in [1.29, 1.82) is 0 Å². The standard InChI is InChI=1S/C20H26N6O/c21-14-4-1-2-5-16(14)24-13-10-17(19(20(22)27)23-11-13)26-18-7-3-6-15(25-18)12-8-9-12/h3,6-7,10-12,14,16,24H,1-2,4-5,8-9,21H2,(H2,22,27)(H,25,26)/t14-,16+/m0/s1. The van der Waals surface area contributed by atoms with Gasteiger partial charge in [0.25, 0.3) is 5.91 Å². The Balaban J connectivity index is 1.57. The van der Waals surface area contributed by atoms with Crippen LogP contribution in [-0.2, 0) is 0 Å². The summed E-state index contributed by atoms with van der Waals surface area (Å²) in [6.07, 6.45) is 8.41. The van der Waals surface area contributed by atoms with Crippen LogP contribution in [0.3, 0.4) is 0 Å². The number of hydrogen-bond acceptors (Lipinski definition) is 6. The molecule has 7 heteroatoms. The smallest absolute Gasteiger partial charge is 0.269 e. The Morgan fingerprint density at radius 2 is 1.96 bits per heavy atom. The van der Waals surface area contributed by atoms with Gasteiger partial charge in [-0.1, -0.05) is 18.9 Å². The van der Waals surface area contributed by atoms with Crippen molar-refractivity contribution in [3.8, 4) is 0 Å². The molecule has 0 spiro atoms. The summed E-state index contributed by atoms with van der Waals surface area (Å²) in [5.74, 6) is 0.674. The fourth-order valence-corrected chi connectivity index (χ4v) is 3.65. The predicted octanol–water partition coefficient (Wildman–Crippen LogP) is 2.88. The Hall–Kier alpha value is -2.67. The Labute approximate surface area is 159 Å². The summed E-state index contributed by atoms with van der Waals surface area (Å²) in [7, 11) is 0. The fourth-order valence-electron chi connectivity index (χ4n) is 3.65. The first kappa shape index (κ1) is 17.7. The molecule has 2 aliphatic carbocycles. The number of aromatic nitrogens is 2. The highest BCUT2D eigenvalue weighted by Gasteiger charge is 2.25. The van der Waals surface area contributed by atoms with Gasteiger partial charge in [-0.2, -0.15) is 0 Å². The zero-order valence-electron chi connectivity index (χ0n) is 15.3. The molecule has 0 radical (unpaired) electrons. The van der Waals surface area contributed by atoms with E-state index in [1.54, 1.807) is 6.20 Å². The minimum atomic E-state index is -0.572. The molecule has 27 heavy (non-hydrogen) atoms. The van der Waals surface area contributed by atoms with E-state index in [1.807, 2.05) is 24.3 Å². The quantitative estimate of drug-likeness (QED) is 0.624. The molecule has 0 saturated heterocycles. The summed E-state index contributed by atoms with van der Waals surface area (Å²) < 4.78 is 0. The second kappa shape index (κ2) is 7.52. The van der Waals surface area contributed by atoms with Crippen LogP contribution in [0.25, 0.3) is 0 Å². The third-order valence-electron chi connectivity index (χ3n) is 5.32. The molecule has 2 aromatic rings. The second-order valence-corrected chi connectivity index (χ2v) is 7.53. The highest BCUT2D eigenvalue weighted by molar-refractivity contribution is 5.97. The van der Waals surface area contributed by atoms with Crippen molar-refractivity contribution in [2.75, 3.05) is 10.6 Å². The average Bonchev–Trinajstić information content (AvgIpc) is 3.49. The first-order valence-electron chi connectivity index (χ1n) is 9.66. The van der Waals surface area contributed by atoms with Crippen LogP contribution in [-0.4, -0.2) is 28.0 Å². The van der Waals surface area contributed by atoms with Gasteiger partial charge in [-0.05, 0) is 43.9 Å². The molecule has 2 heterocycles. The summed E-state index contributed by atoms with van der Waals surface area (Å²) in [5, 5.41) is 6.68. The average molecular weight is 366 g/mol. The molecule has 0 aliphatic heterocycles. The van der Waals surface area contributed by atoms with Gasteiger partial charge in [0.15, 0.2) is 5.69 Å². The van der Waals surface area contributed by atoms with E-state index in [0.29, 0.717) is 17.4 Å². The maximum Gasteiger partial charge on any atom is 0.269 e. The number of rotatable bonds is 6. The van der Waals surface area contributed by atoms with Crippen molar-refractivity contribution >= 4 is 23.1 Å². The fraction of sp³-hybridized carbons (Fsp3) is 0.450. The third kappa shape index (κ3) is 4.19. The van der Waals surface area contributed by atoms with Crippen LogP contribution < -0.4 is 22.1 Å². The zero-order valence-corrected chi connectivity index (χ0v) is 15.3. The minimum absolute atomic E-state index is 0.128. The predicted molar refractivity (Wildman–Crippen MR) is 106 cm³/mol. The lowest BCUT2D eigenvalue weighted by molar-refractivity contribution is 0.0996. The van der Waals surface area contributed by atoms with Crippen molar-refractivity contribution in [3.63, 3.8) is 0 Å². The zero-order chi connectivity index (χ0) is 18.8. The van der Waals surface area contributed by atoms with E-state index in [-0.39, 0.29) is 17.8 Å². The van der Waals surface area contributed by atoms with Crippen molar-refractivity contribution < 1.29 is 4.79 Å².